The van der Waals surface area contributed by atoms with Gasteiger partial charge in [0, 0.05) is 0 Å². The van der Waals surface area contributed by atoms with Crippen LogP contribution in [-0.4, -0.2) is 33.4 Å². The maximum absolute atomic E-state index is 11.3. The summed E-state index contributed by atoms with van der Waals surface area (Å²) >= 11 is 0. The molecular weight excluding hydrogens is 282 g/mol. The topological polar surface area (TPSA) is 104 Å². The van der Waals surface area contributed by atoms with E-state index in [1.165, 1.54) is 0 Å². The molecule has 3 atom stereocenters. The molecule has 0 radical (unpaired) electrons. The average Bonchev–Trinajstić information content (AvgIpc) is 2.43. The van der Waals surface area contributed by atoms with Gasteiger partial charge in [-0.1, -0.05) is 30.7 Å². The van der Waals surface area contributed by atoms with E-state index >= 15 is 0 Å². The quantitative estimate of drug-likeness (QED) is 0.620. The van der Waals surface area contributed by atoms with Gasteiger partial charge in [0.1, 0.15) is 5.76 Å². The molecule has 5 N–H and O–H groups in total. The second kappa shape index (κ2) is 6.94. The number of carbonyl (C=O) groups is 1. The zero-order chi connectivity index (χ0) is 16.3. The van der Waals surface area contributed by atoms with Crippen LogP contribution in [0.1, 0.15) is 32.6 Å². The van der Waals surface area contributed by atoms with E-state index < -0.39 is 18.1 Å². The monoisotopic (exact) mass is 305 g/mol. The van der Waals surface area contributed by atoms with E-state index in [1.54, 1.807) is 12.2 Å². The highest BCUT2D eigenvalue weighted by atomic mass is 16.3. The van der Waals surface area contributed by atoms with Crippen LogP contribution in [0.4, 0.5) is 0 Å². The van der Waals surface area contributed by atoms with Gasteiger partial charge >= 0.3 is 0 Å². The second-order valence-corrected chi connectivity index (χ2v) is 6.00. The van der Waals surface area contributed by atoms with Crippen LogP contribution in [0, 0.1) is 5.92 Å². The van der Waals surface area contributed by atoms with Crippen molar-refractivity contribution in [1.29, 1.82) is 0 Å². The first kappa shape index (κ1) is 16.5. The van der Waals surface area contributed by atoms with Gasteiger partial charge in [-0.15, -0.1) is 0 Å². The van der Waals surface area contributed by atoms with Crippen LogP contribution in [0.25, 0.3) is 0 Å². The van der Waals surface area contributed by atoms with Crippen LogP contribution in [-0.2, 0) is 4.79 Å². The van der Waals surface area contributed by atoms with Crippen molar-refractivity contribution in [2.45, 2.75) is 44.8 Å². The van der Waals surface area contributed by atoms with Gasteiger partial charge in [-0.3, -0.25) is 4.79 Å². The molecule has 0 heterocycles. The first-order valence-corrected chi connectivity index (χ1v) is 7.55. The van der Waals surface area contributed by atoms with E-state index in [0.29, 0.717) is 25.7 Å². The van der Waals surface area contributed by atoms with E-state index in [1.807, 2.05) is 19.1 Å². The standard InChI is InChI=1S/C17H23NO4/c1-10-7-11(8-15(21)16(10)17(18)22)5-6-14(20)12-3-2-4-13(19)9-12/h2-3,8-10,13-14,19-21H,4-7H2,1H3,(H2,18,22). The van der Waals surface area contributed by atoms with E-state index in [4.69, 9.17) is 5.73 Å². The minimum atomic E-state index is -0.647. The minimum Gasteiger partial charge on any atom is -0.507 e. The highest BCUT2D eigenvalue weighted by Gasteiger charge is 2.24. The molecule has 0 aliphatic heterocycles. The fourth-order valence-corrected chi connectivity index (χ4v) is 3.02. The molecular formula is C17H23NO4. The van der Waals surface area contributed by atoms with Gasteiger partial charge in [0.05, 0.1) is 17.8 Å². The number of rotatable bonds is 5. The van der Waals surface area contributed by atoms with Crippen LogP contribution in [0.15, 0.2) is 46.8 Å². The molecule has 0 spiro atoms. The van der Waals surface area contributed by atoms with Gasteiger partial charge in [0.25, 0.3) is 0 Å². The first-order chi connectivity index (χ1) is 10.4. The fraction of sp³-hybridized carbons (Fsp3) is 0.471. The van der Waals surface area contributed by atoms with Gasteiger partial charge in [-0.05, 0) is 43.3 Å². The molecule has 0 aromatic carbocycles. The summed E-state index contributed by atoms with van der Waals surface area (Å²) in [6.07, 6.45) is 8.08. The number of carbonyl (C=O) groups excluding carboxylic acids is 1. The lowest BCUT2D eigenvalue weighted by Crippen LogP contribution is -2.23. The summed E-state index contributed by atoms with van der Waals surface area (Å²) in [7, 11) is 0. The summed E-state index contributed by atoms with van der Waals surface area (Å²) in [5, 5.41) is 29.7. The molecule has 0 aromatic rings. The van der Waals surface area contributed by atoms with E-state index in [9.17, 15) is 20.1 Å². The van der Waals surface area contributed by atoms with Crippen LogP contribution in [0.3, 0.4) is 0 Å². The fourth-order valence-electron chi connectivity index (χ4n) is 3.02. The first-order valence-electron chi connectivity index (χ1n) is 7.55. The molecule has 22 heavy (non-hydrogen) atoms. The van der Waals surface area contributed by atoms with Crippen molar-refractivity contribution in [2.24, 2.45) is 11.7 Å². The summed E-state index contributed by atoms with van der Waals surface area (Å²) < 4.78 is 0. The molecule has 5 nitrogen and oxygen atoms in total. The molecule has 2 rings (SSSR count). The van der Waals surface area contributed by atoms with Crippen LogP contribution in [0.5, 0.6) is 0 Å². The van der Waals surface area contributed by atoms with Gasteiger partial charge in [-0.25, -0.2) is 0 Å². The van der Waals surface area contributed by atoms with Crippen molar-refractivity contribution in [3.8, 4) is 0 Å². The lowest BCUT2D eigenvalue weighted by molar-refractivity contribution is -0.115. The molecule has 0 fully saturated rings. The molecule has 2 aliphatic carbocycles. The highest BCUT2D eigenvalue weighted by Crippen LogP contribution is 2.31. The molecule has 0 saturated carbocycles. The lowest BCUT2D eigenvalue weighted by atomic mass is 9.84. The second-order valence-electron chi connectivity index (χ2n) is 6.00. The largest absolute Gasteiger partial charge is 0.507 e. The number of aliphatic hydroxyl groups excluding tert-OH is 3. The Labute approximate surface area is 130 Å². The van der Waals surface area contributed by atoms with E-state index in [0.717, 1.165) is 11.1 Å². The predicted octanol–water partition coefficient (Wildman–Crippen LogP) is 1.64. The number of aliphatic hydroxyl groups is 3. The normalized spacial score (nSPS) is 26.5. The molecule has 0 saturated heterocycles. The number of hydrogen-bond donors (Lipinski definition) is 4. The Kier molecular flexibility index (Phi) is 5.21. The highest BCUT2D eigenvalue weighted by molar-refractivity contribution is 5.93. The van der Waals surface area contributed by atoms with Gasteiger partial charge in [0.2, 0.25) is 5.91 Å². The number of nitrogens with two attached hydrogens (primary N) is 1. The Balaban J connectivity index is 1.99. The van der Waals surface area contributed by atoms with Crippen molar-refractivity contribution in [3.63, 3.8) is 0 Å². The molecule has 3 unspecified atom stereocenters. The lowest BCUT2D eigenvalue weighted by Gasteiger charge is -2.23. The predicted molar refractivity (Wildman–Crippen MR) is 83.8 cm³/mol. The van der Waals surface area contributed by atoms with Crippen LogP contribution in [0.2, 0.25) is 0 Å². The maximum Gasteiger partial charge on any atom is 0.248 e. The number of amides is 1. The van der Waals surface area contributed by atoms with Gasteiger partial charge in [-0.2, -0.15) is 0 Å². The molecule has 5 heteroatoms. The Hall–Kier alpha value is -1.85. The zero-order valence-electron chi connectivity index (χ0n) is 12.7. The van der Waals surface area contributed by atoms with Crippen molar-refractivity contribution in [1.82, 2.24) is 0 Å². The maximum atomic E-state index is 11.3. The van der Waals surface area contributed by atoms with Gasteiger partial charge in [0.15, 0.2) is 0 Å². The number of primary amides is 1. The van der Waals surface area contributed by atoms with Gasteiger partial charge < -0.3 is 21.1 Å². The Morgan fingerprint density at radius 1 is 1.50 bits per heavy atom. The van der Waals surface area contributed by atoms with Crippen molar-refractivity contribution in [3.05, 3.63) is 46.8 Å². The SMILES string of the molecule is CC1CC(CCC(O)C2=CC(O)CC=C2)=CC(O)=C1C(N)=O. The molecule has 0 aromatic heterocycles. The Morgan fingerprint density at radius 2 is 2.23 bits per heavy atom. The van der Waals surface area contributed by atoms with E-state index in [-0.39, 0.29) is 17.3 Å². The molecule has 2 aliphatic rings. The zero-order valence-corrected chi connectivity index (χ0v) is 12.7. The number of hydrogen-bond acceptors (Lipinski definition) is 4. The third-order valence-corrected chi connectivity index (χ3v) is 4.14. The van der Waals surface area contributed by atoms with Crippen LogP contribution < -0.4 is 5.73 Å². The van der Waals surface area contributed by atoms with Crippen molar-refractivity contribution in [2.75, 3.05) is 0 Å². The minimum absolute atomic E-state index is 0.0667. The van der Waals surface area contributed by atoms with E-state index in [2.05, 4.69) is 0 Å². The molecule has 0 bridgehead atoms. The Bertz CT molecular complexity index is 571. The summed E-state index contributed by atoms with van der Waals surface area (Å²) in [6, 6.07) is 0. The van der Waals surface area contributed by atoms with Crippen molar-refractivity contribution < 1.29 is 20.1 Å². The smallest absolute Gasteiger partial charge is 0.248 e. The molecule has 1 amide bonds. The van der Waals surface area contributed by atoms with Crippen molar-refractivity contribution >= 4 is 5.91 Å². The Morgan fingerprint density at radius 3 is 2.82 bits per heavy atom. The summed E-state index contributed by atoms with van der Waals surface area (Å²) in [5.41, 5.74) is 7.23. The summed E-state index contributed by atoms with van der Waals surface area (Å²) in [5.74, 6) is -0.778. The number of allylic oxidation sites excluding steroid dienone is 2. The van der Waals surface area contributed by atoms with Crippen LogP contribution >= 0.6 is 0 Å². The summed E-state index contributed by atoms with van der Waals surface area (Å²) in [4.78, 5) is 11.3. The third kappa shape index (κ3) is 3.87. The molecule has 120 valence electrons. The average molecular weight is 305 g/mol. The summed E-state index contributed by atoms with van der Waals surface area (Å²) in [6.45, 7) is 1.85. The third-order valence-electron chi connectivity index (χ3n) is 4.14.